The molecule has 0 aliphatic carbocycles. The van der Waals surface area contributed by atoms with Gasteiger partial charge in [0, 0.05) is 6.54 Å². The monoisotopic (exact) mass is 450 g/mol. The Bertz CT molecular complexity index is 1100. The molecule has 0 saturated carbocycles. The van der Waals surface area contributed by atoms with Crippen LogP contribution in [0.4, 0.5) is 9.59 Å². The Morgan fingerprint density at radius 3 is 2.47 bits per heavy atom. The Hall–Kier alpha value is -3.05. The van der Waals surface area contributed by atoms with Crippen LogP contribution >= 0.6 is 11.6 Å². The normalized spacial score (nSPS) is 19.5. The highest BCUT2D eigenvalue weighted by Crippen LogP contribution is 2.35. The van der Waals surface area contributed by atoms with E-state index in [2.05, 4.69) is 0 Å². The van der Waals surface area contributed by atoms with E-state index < -0.39 is 11.5 Å². The average molecular weight is 451 g/mol. The van der Waals surface area contributed by atoms with Crippen molar-refractivity contribution in [1.82, 2.24) is 9.80 Å². The summed E-state index contributed by atoms with van der Waals surface area (Å²) >= 11 is 6.19. The van der Waals surface area contributed by atoms with Gasteiger partial charge in [-0.2, -0.15) is 0 Å². The maximum Gasteiger partial charge on any atom is 0.407 e. The molecular weight excluding hydrogens is 424 g/mol. The highest BCUT2D eigenvalue weighted by molar-refractivity contribution is 6.62. The Kier molecular flexibility index (Phi) is 6.66. The molecule has 166 valence electrons. The van der Waals surface area contributed by atoms with Crippen LogP contribution in [0.1, 0.15) is 36.9 Å². The van der Waals surface area contributed by atoms with Crippen molar-refractivity contribution >= 4 is 33.8 Å². The molecule has 1 heterocycles. The number of hydrogen-bond donors (Lipinski definition) is 1. The molecule has 4 rings (SSSR count). The number of nitrogens with zero attached hydrogens (tertiary/aromatic N) is 2. The van der Waals surface area contributed by atoms with E-state index >= 15 is 0 Å². The lowest BCUT2D eigenvalue weighted by molar-refractivity contribution is 0.0464. The second-order valence-corrected chi connectivity index (χ2v) is 8.67. The number of hydrogen-bond acceptors (Lipinski definition) is 2. The molecule has 1 saturated heterocycles. The van der Waals surface area contributed by atoms with Gasteiger partial charge < -0.3 is 14.9 Å². The number of amides is 2. The zero-order chi connectivity index (χ0) is 22.7. The van der Waals surface area contributed by atoms with Crippen molar-refractivity contribution < 1.29 is 14.7 Å². The van der Waals surface area contributed by atoms with Gasteiger partial charge in [0.15, 0.2) is 0 Å². The zero-order valence-electron chi connectivity index (χ0n) is 18.0. The first-order valence-corrected chi connectivity index (χ1v) is 11.3. The first-order valence-electron chi connectivity index (χ1n) is 11.0. The number of rotatable bonds is 5. The van der Waals surface area contributed by atoms with Crippen LogP contribution in [-0.4, -0.2) is 45.0 Å². The molecule has 0 spiro atoms. The van der Waals surface area contributed by atoms with E-state index in [4.69, 9.17) is 11.6 Å². The first-order chi connectivity index (χ1) is 15.5. The molecule has 32 heavy (non-hydrogen) atoms. The third-order valence-electron chi connectivity index (χ3n) is 6.53. The summed E-state index contributed by atoms with van der Waals surface area (Å²) in [6, 6.07) is 22.9. The van der Waals surface area contributed by atoms with Gasteiger partial charge in [-0.3, -0.25) is 4.79 Å². The van der Waals surface area contributed by atoms with E-state index in [1.54, 1.807) is 4.90 Å². The summed E-state index contributed by atoms with van der Waals surface area (Å²) in [5.41, 5.74) is 2.04. The van der Waals surface area contributed by atoms with E-state index in [0.717, 1.165) is 21.9 Å². The Morgan fingerprint density at radius 1 is 1.06 bits per heavy atom. The van der Waals surface area contributed by atoms with Gasteiger partial charge in [-0.25, -0.2) is 4.79 Å². The third kappa shape index (κ3) is 4.44. The molecule has 0 radical (unpaired) electrons. The Balaban J connectivity index is 1.74. The molecule has 0 aromatic heterocycles. The maximum atomic E-state index is 12.8. The maximum absolute atomic E-state index is 12.8. The molecule has 3 aromatic carbocycles. The highest BCUT2D eigenvalue weighted by Gasteiger charge is 2.41. The van der Waals surface area contributed by atoms with Gasteiger partial charge in [0.1, 0.15) is 0 Å². The Morgan fingerprint density at radius 2 is 1.75 bits per heavy atom. The molecule has 5 nitrogen and oxygen atoms in total. The summed E-state index contributed by atoms with van der Waals surface area (Å²) in [7, 11) is 0. The minimum atomic E-state index is -0.963. The molecule has 0 bridgehead atoms. The lowest BCUT2D eigenvalue weighted by Crippen LogP contribution is -2.58. The van der Waals surface area contributed by atoms with Gasteiger partial charge in [-0.05, 0) is 59.7 Å². The van der Waals surface area contributed by atoms with Gasteiger partial charge >= 0.3 is 11.5 Å². The van der Waals surface area contributed by atoms with Crippen LogP contribution < -0.4 is 0 Å². The Labute approximate surface area is 193 Å². The minimum Gasteiger partial charge on any atom is -0.465 e. The summed E-state index contributed by atoms with van der Waals surface area (Å²) in [4.78, 5) is 28.1. The second kappa shape index (κ2) is 9.61. The van der Waals surface area contributed by atoms with E-state index in [1.807, 2.05) is 79.7 Å². The first kappa shape index (κ1) is 22.2. The minimum absolute atomic E-state index is 0.303. The van der Waals surface area contributed by atoms with E-state index in [9.17, 15) is 14.7 Å². The molecule has 1 unspecified atom stereocenters. The van der Waals surface area contributed by atoms with E-state index in [0.29, 0.717) is 25.8 Å². The quantitative estimate of drug-likeness (QED) is 0.365. The predicted octanol–water partition coefficient (Wildman–Crippen LogP) is 6.32. The standard InChI is InChI=1S/C26H27ClN2O3/c1-18(21-14-7-12-20-11-5-6-13-22(20)21)29(25(27)30)23-15-8-16-28(26(31)32)24(23)17-19-9-3-2-4-10-19/h2-7,9-14,18,23-24H,8,15-17H2,1H3,(H,31,32)/t18-,23?,24-/m1/s1. The van der Waals surface area contributed by atoms with E-state index in [1.165, 1.54) is 4.90 Å². The molecule has 3 atom stereocenters. The topological polar surface area (TPSA) is 60.9 Å². The van der Waals surface area contributed by atoms with Crippen molar-refractivity contribution in [3.8, 4) is 0 Å². The molecule has 2 amide bonds. The van der Waals surface area contributed by atoms with E-state index in [-0.39, 0.29) is 18.1 Å². The molecule has 1 fully saturated rings. The molecule has 3 aromatic rings. The van der Waals surface area contributed by atoms with Crippen LogP contribution in [-0.2, 0) is 6.42 Å². The number of fused-ring (bicyclic) bond motifs is 1. The van der Waals surface area contributed by atoms with Gasteiger partial charge in [-0.15, -0.1) is 0 Å². The number of carboxylic acid groups (broad SMARTS) is 1. The van der Waals surface area contributed by atoms with Crippen molar-refractivity contribution in [2.75, 3.05) is 6.54 Å². The largest absolute Gasteiger partial charge is 0.465 e. The van der Waals surface area contributed by atoms with Crippen molar-refractivity contribution in [2.24, 2.45) is 0 Å². The number of piperidine rings is 1. The number of carbonyl (C=O) groups excluding carboxylic acids is 1. The fraction of sp³-hybridized carbons (Fsp3) is 0.308. The average Bonchev–Trinajstić information content (AvgIpc) is 2.80. The second-order valence-electron chi connectivity index (χ2n) is 8.35. The van der Waals surface area contributed by atoms with Crippen molar-refractivity contribution in [1.29, 1.82) is 0 Å². The SMILES string of the molecule is C[C@H](c1cccc2ccccc12)N(C(=O)Cl)C1CCCN(C(=O)O)[C@@H]1Cc1ccccc1. The van der Waals surface area contributed by atoms with Crippen molar-refractivity contribution in [3.05, 3.63) is 83.9 Å². The van der Waals surface area contributed by atoms with Crippen LogP contribution in [0.25, 0.3) is 10.8 Å². The predicted molar refractivity (Wildman–Crippen MR) is 127 cm³/mol. The fourth-order valence-corrected chi connectivity index (χ4v) is 5.31. The number of carbonyl (C=O) groups is 2. The summed E-state index contributed by atoms with van der Waals surface area (Å²) in [5, 5.41) is 11.5. The van der Waals surface area contributed by atoms with Crippen LogP contribution in [0, 0.1) is 0 Å². The van der Waals surface area contributed by atoms with Crippen molar-refractivity contribution in [2.45, 2.75) is 44.3 Å². The van der Waals surface area contributed by atoms with Gasteiger partial charge in [-0.1, -0.05) is 72.8 Å². The van der Waals surface area contributed by atoms with Gasteiger partial charge in [0.25, 0.3) is 0 Å². The highest BCUT2D eigenvalue weighted by atomic mass is 35.5. The third-order valence-corrected chi connectivity index (χ3v) is 6.72. The number of halogens is 1. The van der Waals surface area contributed by atoms with Gasteiger partial charge in [0.2, 0.25) is 0 Å². The number of benzene rings is 3. The summed E-state index contributed by atoms with van der Waals surface area (Å²) in [6.07, 6.45) is 0.955. The smallest absolute Gasteiger partial charge is 0.407 e. The number of likely N-dealkylation sites (tertiary alicyclic amines) is 1. The molecule has 1 aliphatic rings. The lowest BCUT2D eigenvalue weighted by Gasteiger charge is -2.46. The lowest BCUT2D eigenvalue weighted by atomic mass is 9.88. The van der Waals surface area contributed by atoms with Crippen LogP contribution in [0.2, 0.25) is 0 Å². The molecule has 1 N–H and O–H groups in total. The van der Waals surface area contributed by atoms with Crippen LogP contribution in [0.5, 0.6) is 0 Å². The van der Waals surface area contributed by atoms with Crippen molar-refractivity contribution in [3.63, 3.8) is 0 Å². The summed E-state index contributed by atoms with van der Waals surface area (Å²) in [5.74, 6) is 0. The van der Waals surface area contributed by atoms with Gasteiger partial charge in [0.05, 0.1) is 18.1 Å². The summed E-state index contributed by atoms with van der Waals surface area (Å²) < 4.78 is 0. The van der Waals surface area contributed by atoms with Crippen LogP contribution in [0.3, 0.4) is 0 Å². The molecule has 6 heteroatoms. The van der Waals surface area contributed by atoms with Crippen LogP contribution in [0.15, 0.2) is 72.8 Å². The molecule has 1 aliphatic heterocycles. The zero-order valence-corrected chi connectivity index (χ0v) is 18.8. The molecular formula is C26H27ClN2O3. The fourth-order valence-electron chi connectivity index (χ4n) is 5.03. The summed E-state index contributed by atoms with van der Waals surface area (Å²) in [6.45, 7) is 2.43.